The summed E-state index contributed by atoms with van der Waals surface area (Å²) in [6, 6.07) is -0.0865. The van der Waals surface area contributed by atoms with Crippen LogP contribution in [-0.4, -0.2) is 27.3 Å². The molecule has 1 heterocycles. The van der Waals surface area contributed by atoms with Crippen molar-refractivity contribution in [2.24, 2.45) is 5.73 Å². The zero-order chi connectivity index (χ0) is 11.4. The van der Waals surface area contributed by atoms with Gasteiger partial charge < -0.3 is 15.4 Å². The van der Waals surface area contributed by atoms with E-state index in [0.717, 1.165) is 12.2 Å². The van der Waals surface area contributed by atoms with Gasteiger partial charge in [0.1, 0.15) is 5.82 Å². The smallest absolute Gasteiger partial charge is 0.111 e. The Morgan fingerprint density at radius 2 is 2.20 bits per heavy atom. The number of imidazole rings is 1. The molecule has 0 saturated carbocycles. The minimum atomic E-state index is -0.0603. The zero-order valence-corrected chi connectivity index (χ0v) is 9.72. The predicted molar refractivity (Wildman–Crippen MR) is 60.7 cm³/mol. The molecule has 2 unspecified atom stereocenters. The maximum atomic E-state index is 9.38. The van der Waals surface area contributed by atoms with Crippen molar-refractivity contribution in [1.29, 1.82) is 0 Å². The molecular weight excluding hydrogens is 190 g/mol. The molecule has 0 amide bonds. The number of nitrogens with zero attached hydrogens (tertiary/aromatic N) is 2. The van der Waals surface area contributed by atoms with E-state index in [4.69, 9.17) is 5.73 Å². The van der Waals surface area contributed by atoms with Gasteiger partial charge in [-0.3, -0.25) is 0 Å². The van der Waals surface area contributed by atoms with Crippen LogP contribution in [0.4, 0.5) is 0 Å². The molecule has 1 rings (SSSR count). The number of hydrogen-bond acceptors (Lipinski definition) is 3. The highest BCUT2D eigenvalue weighted by molar-refractivity contribution is 5.01. The number of hydrogen-bond donors (Lipinski definition) is 2. The number of aliphatic hydroxyl groups excluding tert-OH is 1. The van der Waals surface area contributed by atoms with Crippen molar-refractivity contribution in [3.05, 3.63) is 18.2 Å². The van der Waals surface area contributed by atoms with Crippen LogP contribution >= 0.6 is 0 Å². The van der Waals surface area contributed by atoms with Crippen LogP contribution in [-0.2, 0) is 0 Å². The maximum absolute atomic E-state index is 9.38. The Morgan fingerprint density at radius 3 is 2.67 bits per heavy atom. The lowest BCUT2D eigenvalue weighted by Crippen LogP contribution is -2.34. The standard InChI is InChI=1S/C11H21N3O/c1-4-9(12)10(7-15)14-6-5-13-11(14)8(2)3/h5-6,8-10,15H,4,7,12H2,1-3H3. The van der Waals surface area contributed by atoms with Crippen LogP contribution in [0.2, 0.25) is 0 Å². The predicted octanol–water partition coefficient (Wildman–Crippen LogP) is 1.28. The van der Waals surface area contributed by atoms with Crippen LogP contribution < -0.4 is 5.73 Å². The Bertz CT molecular complexity index is 296. The fourth-order valence-corrected chi connectivity index (χ4v) is 1.75. The molecule has 0 aromatic carbocycles. The third-order valence-electron chi connectivity index (χ3n) is 2.73. The average molecular weight is 211 g/mol. The van der Waals surface area contributed by atoms with Crippen LogP contribution in [0.5, 0.6) is 0 Å². The van der Waals surface area contributed by atoms with Crippen molar-refractivity contribution in [3.63, 3.8) is 0 Å². The quantitative estimate of drug-likeness (QED) is 0.771. The Morgan fingerprint density at radius 1 is 1.53 bits per heavy atom. The molecule has 86 valence electrons. The highest BCUT2D eigenvalue weighted by atomic mass is 16.3. The minimum Gasteiger partial charge on any atom is -0.394 e. The lowest BCUT2D eigenvalue weighted by Gasteiger charge is -2.25. The fraction of sp³-hybridized carbons (Fsp3) is 0.727. The van der Waals surface area contributed by atoms with Crippen LogP contribution in [0, 0.1) is 0 Å². The monoisotopic (exact) mass is 211 g/mol. The molecule has 4 heteroatoms. The van der Waals surface area contributed by atoms with Gasteiger partial charge in [-0.25, -0.2) is 4.98 Å². The van der Waals surface area contributed by atoms with Gasteiger partial charge in [0.2, 0.25) is 0 Å². The van der Waals surface area contributed by atoms with Crippen LogP contribution in [0.1, 0.15) is 45.0 Å². The van der Waals surface area contributed by atoms with Gasteiger partial charge >= 0.3 is 0 Å². The van der Waals surface area contributed by atoms with Gasteiger partial charge in [0.15, 0.2) is 0 Å². The van der Waals surface area contributed by atoms with E-state index < -0.39 is 0 Å². The van der Waals surface area contributed by atoms with E-state index in [1.807, 2.05) is 17.7 Å². The summed E-state index contributed by atoms with van der Waals surface area (Å²) in [4.78, 5) is 4.30. The third-order valence-corrected chi connectivity index (χ3v) is 2.73. The summed E-state index contributed by atoms with van der Waals surface area (Å²) in [5.41, 5.74) is 5.98. The Kier molecular flexibility index (Phi) is 4.29. The van der Waals surface area contributed by atoms with E-state index in [1.165, 1.54) is 0 Å². The van der Waals surface area contributed by atoms with Crippen molar-refractivity contribution in [2.75, 3.05) is 6.61 Å². The van der Waals surface area contributed by atoms with E-state index in [2.05, 4.69) is 18.8 Å². The van der Waals surface area contributed by atoms with Gasteiger partial charge in [0.05, 0.1) is 12.6 Å². The molecule has 0 aliphatic heterocycles. The Balaban J connectivity index is 2.96. The second-order valence-corrected chi connectivity index (χ2v) is 4.17. The summed E-state index contributed by atoms with van der Waals surface area (Å²) < 4.78 is 2.00. The average Bonchev–Trinajstić information content (AvgIpc) is 2.67. The number of aliphatic hydroxyl groups is 1. The molecule has 2 atom stereocenters. The van der Waals surface area contributed by atoms with Crippen molar-refractivity contribution < 1.29 is 5.11 Å². The first-order valence-corrected chi connectivity index (χ1v) is 5.51. The molecule has 15 heavy (non-hydrogen) atoms. The molecular formula is C11H21N3O. The minimum absolute atomic E-state index is 0.0262. The van der Waals surface area contributed by atoms with Gasteiger partial charge in [0, 0.05) is 24.4 Å². The van der Waals surface area contributed by atoms with E-state index in [1.54, 1.807) is 6.20 Å². The second-order valence-electron chi connectivity index (χ2n) is 4.17. The molecule has 1 aromatic rings. The van der Waals surface area contributed by atoms with Gasteiger partial charge in [-0.2, -0.15) is 0 Å². The topological polar surface area (TPSA) is 64.1 Å². The highest BCUT2D eigenvalue weighted by Crippen LogP contribution is 2.19. The summed E-state index contributed by atoms with van der Waals surface area (Å²) >= 11 is 0. The SMILES string of the molecule is CCC(N)C(CO)n1ccnc1C(C)C. The summed E-state index contributed by atoms with van der Waals surface area (Å²) in [5.74, 6) is 1.33. The third kappa shape index (κ3) is 2.58. The normalized spacial score (nSPS) is 15.6. The molecule has 0 bridgehead atoms. The summed E-state index contributed by atoms with van der Waals surface area (Å²) in [6.07, 6.45) is 4.51. The lowest BCUT2D eigenvalue weighted by molar-refractivity contribution is 0.201. The Hall–Kier alpha value is -0.870. The first-order valence-electron chi connectivity index (χ1n) is 5.51. The highest BCUT2D eigenvalue weighted by Gasteiger charge is 2.20. The Labute approximate surface area is 91.1 Å². The molecule has 1 aromatic heterocycles. The number of rotatable bonds is 5. The van der Waals surface area contributed by atoms with Crippen LogP contribution in [0.3, 0.4) is 0 Å². The van der Waals surface area contributed by atoms with Crippen molar-refractivity contribution in [2.45, 2.75) is 45.2 Å². The summed E-state index contributed by atoms with van der Waals surface area (Å²) in [6.45, 7) is 6.26. The second kappa shape index (κ2) is 5.28. The van der Waals surface area contributed by atoms with E-state index >= 15 is 0 Å². The maximum Gasteiger partial charge on any atom is 0.111 e. The van der Waals surface area contributed by atoms with Crippen molar-refractivity contribution in [3.8, 4) is 0 Å². The van der Waals surface area contributed by atoms with E-state index in [-0.39, 0.29) is 18.7 Å². The van der Waals surface area contributed by atoms with Crippen LogP contribution in [0.15, 0.2) is 12.4 Å². The zero-order valence-electron chi connectivity index (χ0n) is 9.72. The van der Waals surface area contributed by atoms with Gasteiger partial charge in [-0.05, 0) is 6.42 Å². The molecule has 0 aliphatic rings. The molecule has 0 saturated heterocycles. The number of nitrogens with two attached hydrogens (primary N) is 1. The first kappa shape index (κ1) is 12.2. The number of aromatic nitrogens is 2. The van der Waals surface area contributed by atoms with Gasteiger partial charge in [-0.15, -0.1) is 0 Å². The largest absolute Gasteiger partial charge is 0.394 e. The lowest BCUT2D eigenvalue weighted by atomic mass is 10.1. The van der Waals surface area contributed by atoms with E-state index in [0.29, 0.717) is 5.92 Å². The summed E-state index contributed by atoms with van der Waals surface area (Å²) in [5, 5.41) is 9.38. The molecule has 0 aliphatic carbocycles. The molecule has 0 fully saturated rings. The van der Waals surface area contributed by atoms with Gasteiger partial charge in [0.25, 0.3) is 0 Å². The molecule has 0 spiro atoms. The molecule has 0 radical (unpaired) electrons. The van der Waals surface area contributed by atoms with E-state index in [9.17, 15) is 5.11 Å². The fourth-order valence-electron chi connectivity index (χ4n) is 1.75. The van der Waals surface area contributed by atoms with Crippen molar-refractivity contribution in [1.82, 2.24) is 9.55 Å². The van der Waals surface area contributed by atoms with Gasteiger partial charge in [-0.1, -0.05) is 20.8 Å². The van der Waals surface area contributed by atoms with Crippen LogP contribution in [0.25, 0.3) is 0 Å². The first-order chi connectivity index (χ1) is 7.11. The summed E-state index contributed by atoms with van der Waals surface area (Å²) in [7, 11) is 0. The van der Waals surface area contributed by atoms with Crippen molar-refractivity contribution >= 4 is 0 Å². The molecule has 4 nitrogen and oxygen atoms in total. The molecule has 3 N–H and O–H groups in total.